The van der Waals surface area contributed by atoms with Crippen molar-refractivity contribution in [1.82, 2.24) is 0 Å². The smallest absolute Gasteiger partial charge is 0.176 e. The van der Waals surface area contributed by atoms with E-state index in [-0.39, 0.29) is 0 Å². The van der Waals surface area contributed by atoms with Crippen LogP contribution in [0.1, 0.15) is 0 Å². The van der Waals surface area contributed by atoms with Gasteiger partial charge in [-0.1, -0.05) is 0 Å². The summed E-state index contributed by atoms with van der Waals surface area (Å²) < 4.78 is 15.4. The molecule has 11 nitrogen and oxygen atoms in total. The summed E-state index contributed by atoms with van der Waals surface area (Å²) in [6.45, 7) is -0.627. The van der Waals surface area contributed by atoms with Gasteiger partial charge in [0.15, 0.2) is 6.29 Å². The standard InChI is InChI=1S/C13H25NO10/c1-22-11-7(18)9(20)12(10(21)8(11)19)24-13-4(14)6(17)5(16)3(2-15)23-13/h3-13,15-21H,2,14H2,1H3/t3-,4-,5+,6-,7-,8+,9-,10-,11?,12?,13+/m1/s1. The fraction of sp³-hybridized carbons (Fsp3) is 1.00. The van der Waals surface area contributed by atoms with Gasteiger partial charge in [-0.05, 0) is 0 Å². The summed E-state index contributed by atoms with van der Waals surface area (Å²) in [5.74, 6) is 0. The summed E-state index contributed by atoms with van der Waals surface area (Å²) in [7, 11) is 1.20. The fourth-order valence-corrected chi connectivity index (χ4v) is 3.00. The maximum atomic E-state index is 10.1. The average Bonchev–Trinajstić information content (AvgIpc) is 2.57. The molecule has 0 amide bonds. The van der Waals surface area contributed by atoms with Gasteiger partial charge in [0, 0.05) is 7.11 Å². The van der Waals surface area contributed by atoms with Crippen molar-refractivity contribution in [3.05, 3.63) is 0 Å². The molecule has 1 aliphatic heterocycles. The molecule has 0 radical (unpaired) electrons. The zero-order valence-corrected chi connectivity index (χ0v) is 13.0. The number of aliphatic hydroxyl groups excluding tert-OH is 7. The SMILES string of the molecule is COC1[C@@H](O)[C@@H](O)C(O[C@@H]2O[C@H](CO)[C@H](O)[C@H](O)[C@H]2N)[C@H](O)[C@H]1O. The van der Waals surface area contributed by atoms with Crippen molar-refractivity contribution >= 4 is 0 Å². The highest BCUT2D eigenvalue weighted by atomic mass is 16.7. The van der Waals surface area contributed by atoms with Gasteiger partial charge in [-0.15, -0.1) is 0 Å². The van der Waals surface area contributed by atoms with Gasteiger partial charge in [0.2, 0.25) is 0 Å². The zero-order valence-electron chi connectivity index (χ0n) is 13.0. The highest BCUT2D eigenvalue weighted by Gasteiger charge is 2.52. The molecule has 1 saturated heterocycles. The molecule has 2 aliphatic rings. The first-order valence-electron chi connectivity index (χ1n) is 7.53. The van der Waals surface area contributed by atoms with Gasteiger partial charge in [0.1, 0.15) is 54.9 Å². The molecule has 9 N–H and O–H groups in total. The van der Waals surface area contributed by atoms with Gasteiger partial charge in [-0.25, -0.2) is 0 Å². The second-order valence-corrected chi connectivity index (χ2v) is 6.05. The Morgan fingerprint density at radius 2 is 1.33 bits per heavy atom. The van der Waals surface area contributed by atoms with E-state index in [2.05, 4.69) is 0 Å². The minimum absolute atomic E-state index is 0.627. The number of hydrogen-bond acceptors (Lipinski definition) is 11. The van der Waals surface area contributed by atoms with Crippen molar-refractivity contribution in [3.8, 4) is 0 Å². The zero-order chi connectivity index (χ0) is 18.2. The van der Waals surface area contributed by atoms with Crippen LogP contribution in [0.25, 0.3) is 0 Å². The topological polar surface area (TPSA) is 195 Å². The van der Waals surface area contributed by atoms with Crippen LogP contribution in [0.15, 0.2) is 0 Å². The molecular weight excluding hydrogens is 330 g/mol. The summed E-state index contributed by atoms with van der Waals surface area (Å²) in [4.78, 5) is 0. The molecule has 0 bridgehead atoms. The second kappa shape index (κ2) is 7.85. The van der Waals surface area contributed by atoms with Crippen LogP contribution in [0.3, 0.4) is 0 Å². The molecule has 2 fully saturated rings. The van der Waals surface area contributed by atoms with E-state index in [0.717, 1.165) is 0 Å². The predicted octanol–water partition coefficient (Wildman–Crippen LogP) is -5.39. The molecule has 1 aliphatic carbocycles. The van der Waals surface area contributed by atoms with E-state index < -0.39 is 73.9 Å². The molecule has 24 heavy (non-hydrogen) atoms. The van der Waals surface area contributed by atoms with Gasteiger partial charge < -0.3 is 55.7 Å². The molecule has 0 spiro atoms. The van der Waals surface area contributed by atoms with Crippen molar-refractivity contribution in [3.63, 3.8) is 0 Å². The third-order valence-electron chi connectivity index (χ3n) is 4.54. The van der Waals surface area contributed by atoms with Gasteiger partial charge in [-0.2, -0.15) is 0 Å². The highest BCUT2D eigenvalue weighted by molar-refractivity contribution is 5.01. The lowest BCUT2D eigenvalue weighted by Gasteiger charge is -2.46. The summed E-state index contributed by atoms with van der Waals surface area (Å²) in [5, 5.41) is 68.9. The van der Waals surface area contributed by atoms with Crippen molar-refractivity contribution in [1.29, 1.82) is 0 Å². The van der Waals surface area contributed by atoms with Gasteiger partial charge in [0.05, 0.1) is 12.6 Å². The monoisotopic (exact) mass is 355 g/mol. The minimum atomic E-state index is -1.64. The van der Waals surface area contributed by atoms with E-state index in [9.17, 15) is 30.6 Å². The molecule has 2 rings (SSSR count). The lowest BCUT2D eigenvalue weighted by Crippen LogP contribution is -2.68. The Balaban J connectivity index is 2.13. The molecule has 0 aromatic heterocycles. The summed E-state index contributed by atoms with van der Waals surface area (Å²) in [6.07, 6.45) is -14.6. The van der Waals surface area contributed by atoms with E-state index in [1.54, 1.807) is 0 Å². The number of hydrogen-bond donors (Lipinski definition) is 8. The van der Waals surface area contributed by atoms with Crippen LogP contribution in [0.5, 0.6) is 0 Å². The van der Waals surface area contributed by atoms with E-state index in [1.807, 2.05) is 0 Å². The number of methoxy groups -OCH3 is 1. The van der Waals surface area contributed by atoms with E-state index in [1.165, 1.54) is 7.11 Å². The molecule has 11 heteroatoms. The van der Waals surface area contributed by atoms with Crippen molar-refractivity contribution < 1.29 is 50.0 Å². The highest BCUT2D eigenvalue weighted by Crippen LogP contribution is 2.29. The molecule has 142 valence electrons. The Morgan fingerprint density at radius 3 is 1.79 bits per heavy atom. The first kappa shape index (κ1) is 19.9. The van der Waals surface area contributed by atoms with Gasteiger partial charge in [0.25, 0.3) is 0 Å². The van der Waals surface area contributed by atoms with Crippen LogP contribution in [0, 0.1) is 0 Å². The lowest BCUT2D eigenvalue weighted by atomic mass is 9.84. The maximum absolute atomic E-state index is 10.1. The normalized spacial score (nSPS) is 53.1. The first-order valence-corrected chi connectivity index (χ1v) is 7.53. The Kier molecular flexibility index (Phi) is 6.50. The van der Waals surface area contributed by atoms with Crippen LogP contribution >= 0.6 is 0 Å². The van der Waals surface area contributed by atoms with E-state index >= 15 is 0 Å². The largest absolute Gasteiger partial charge is 0.394 e. The molecule has 0 aromatic carbocycles. The Labute approximate surface area is 137 Å². The quantitative estimate of drug-likeness (QED) is 0.240. The van der Waals surface area contributed by atoms with Crippen LogP contribution in [-0.2, 0) is 14.2 Å². The van der Waals surface area contributed by atoms with E-state index in [4.69, 9.17) is 25.1 Å². The van der Waals surface area contributed by atoms with E-state index in [0.29, 0.717) is 0 Å². The van der Waals surface area contributed by atoms with Gasteiger partial charge >= 0.3 is 0 Å². The number of ether oxygens (including phenoxy) is 3. The molecule has 0 aromatic rings. The maximum Gasteiger partial charge on any atom is 0.176 e. The van der Waals surface area contributed by atoms with Crippen LogP contribution < -0.4 is 5.73 Å². The second-order valence-electron chi connectivity index (χ2n) is 6.05. The number of rotatable bonds is 4. The van der Waals surface area contributed by atoms with Crippen LogP contribution in [0.4, 0.5) is 0 Å². The summed E-state index contributed by atoms with van der Waals surface area (Å²) in [6, 6.07) is -1.25. The summed E-state index contributed by atoms with van der Waals surface area (Å²) >= 11 is 0. The third-order valence-corrected chi connectivity index (χ3v) is 4.54. The molecule has 1 heterocycles. The Bertz CT molecular complexity index is 396. The van der Waals surface area contributed by atoms with Crippen molar-refractivity contribution in [2.45, 2.75) is 67.3 Å². The van der Waals surface area contributed by atoms with Crippen LogP contribution in [-0.4, -0.2) is 117 Å². The average molecular weight is 355 g/mol. The summed E-state index contributed by atoms with van der Waals surface area (Å²) in [5.41, 5.74) is 5.71. The minimum Gasteiger partial charge on any atom is -0.394 e. The number of aliphatic hydroxyl groups is 7. The molecule has 11 atom stereocenters. The molecule has 2 unspecified atom stereocenters. The third kappa shape index (κ3) is 3.43. The fourth-order valence-electron chi connectivity index (χ4n) is 3.00. The van der Waals surface area contributed by atoms with Crippen molar-refractivity contribution in [2.24, 2.45) is 5.73 Å². The molecule has 1 saturated carbocycles. The van der Waals surface area contributed by atoms with Crippen molar-refractivity contribution in [2.75, 3.05) is 13.7 Å². The first-order chi connectivity index (χ1) is 11.2. The number of nitrogens with two attached hydrogens (primary N) is 1. The Morgan fingerprint density at radius 1 is 0.833 bits per heavy atom. The van der Waals surface area contributed by atoms with Gasteiger partial charge in [-0.3, -0.25) is 0 Å². The molecular formula is C13H25NO10. The Hall–Kier alpha value is -0.440. The lowest BCUT2D eigenvalue weighted by molar-refractivity contribution is -0.317. The van der Waals surface area contributed by atoms with Crippen LogP contribution in [0.2, 0.25) is 0 Å². The predicted molar refractivity (Wildman–Crippen MR) is 75.4 cm³/mol.